The Bertz CT molecular complexity index is 5770. The molecule has 0 saturated carbocycles. The number of likely N-dealkylation sites (N-methyl/N-ethyl adjacent to an activating group) is 3. The monoisotopic (exact) mass is 1970 g/mol. The van der Waals surface area contributed by atoms with Gasteiger partial charge in [0.05, 0.1) is 43.6 Å². The first-order valence-corrected chi connectivity index (χ1v) is 48.0. The molecule has 9 aromatic rings. The largest absolute Gasteiger partial charge is 0.383 e. The minimum absolute atomic E-state index is 0. The number of carbonyl (C=O) groups excluding carboxylic acids is 4. The minimum atomic E-state index is -0.463. The summed E-state index contributed by atoms with van der Waals surface area (Å²) in [7, 11) is 23.9. The van der Waals surface area contributed by atoms with Gasteiger partial charge in [-0.25, -0.2) is 15.0 Å². The second-order valence-corrected chi connectivity index (χ2v) is 36.1. The van der Waals surface area contributed by atoms with Gasteiger partial charge in [0, 0.05) is 301 Å². The van der Waals surface area contributed by atoms with Gasteiger partial charge in [0.15, 0.2) is 18.6 Å². The summed E-state index contributed by atoms with van der Waals surface area (Å²) in [6, 6.07) is 63.2. The van der Waals surface area contributed by atoms with Crippen molar-refractivity contribution < 1.29 is 23.9 Å². The number of hydrogen-bond donors (Lipinski definition) is 6. The summed E-state index contributed by atoms with van der Waals surface area (Å²) in [6.07, 6.45) is 5.50. The summed E-state index contributed by atoms with van der Waals surface area (Å²) >= 11 is 25.9. The van der Waals surface area contributed by atoms with Gasteiger partial charge in [-0.2, -0.15) is 15.8 Å². The second kappa shape index (κ2) is 54.3. The molecule has 7 aliphatic heterocycles. The molecule has 0 spiro atoms. The van der Waals surface area contributed by atoms with Crippen LogP contribution in [0.3, 0.4) is 0 Å². The molecule has 7 fully saturated rings. The number of rotatable bonds is 20. The molecule has 729 valence electrons. The average Bonchev–Trinajstić information content (AvgIpc) is 0.806. The summed E-state index contributed by atoms with van der Waals surface area (Å²) in [5.74, 6) is 0.805. The number of amides is 4. The summed E-state index contributed by atoms with van der Waals surface area (Å²) in [5.41, 5.74) is 13.5. The molecule has 7 radical (unpaired) electrons. The van der Waals surface area contributed by atoms with Crippen LogP contribution in [0.15, 0.2) is 215 Å². The SMILES string of the molecule is C.C.CN1CCN(c2ccc(C(=O)Nc3ccc(N4CCN(C(=Nc5ccccc5Cl)NC#N)CC4)cc3)cc2)CC1.COCCN1CCN(C(=O)c2cc(Cl)c(N=C(NC#N)N3CCN(c4ccc(NC(=O)c5ccccc5N5CCN(C)CC5)cc4)CC3)c(Cl)c2)CC1.Cc1cccc(Cl)c1N=C(NC#N)N1CCN(c2ccc(NC(=O)c3ccc(N4CCN(C)CC4)cc3)cc2)CC1.[B][B]B([B])[B]. The van der Waals surface area contributed by atoms with Crippen molar-refractivity contribution in [3.8, 4) is 18.6 Å². The van der Waals surface area contributed by atoms with Gasteiger partial charge in [-0.15, -0.1) is 0 Å². The first kappa shape index (κ1) is 109. The number of benzene rings is 9. The first-order valence-electron chi connectivity index (χ1n) is 46.5. The number of ether oxygens (including phenoxy) is 1. The van der Waals surface area contributed by atoms with Crippen molar-refractivity contribution in [1.82, 2.24) is 55.1 Å². The Morgan fingerprint density at radius 1 is 0.390 bits per heavy atom. The molecule has 7 saturated heterocycles. The van der Waals surface area contributed by atoms with E-state index in [1.165, 1.54) is 7.06 Å². The van der Waals surface area contributed by atoms with Crippen LogP contribution in [-0.2, 0) is 4.74 Å². The van der Waals surface area contributed by atoms with Crippen LogP contribution in [-0.4, -0.2) is 342 Å². The Balaban J connectivity index is 0.000000198. The quantitative estimate of drug-likeness (QED) is 0.0136. The van der Waals surface area contributed by atoms with Gasteiger partial charge in [-0.3, -0.25) is 40.0 Å². The molecule has 0 aliphatic carbocycles. The minimum Gasteiger partial charge on any atom is -0.383 e. The van der Waals surface area contributed by atoms with Crippen LogP contribution < -0.4 is 61.3 Å². The van der Waals surface area contributed by atoms with Gasteiger partial charge in [0.25, 0.3) is 23.6 Å². The fourth-order valence-corrected chi connectivity index (χ4v) is 17.9. The molecular weight excluding hydrogens is 1850 g/mol. The topological polar surface area (TPSA) is 304 Å². The van der Waals surface area contributed by atoms with Gasteiger partial charge in [0.2, 0.25) is 17.9 Å². The average molecular weight is 1980 g/mol. The molecule has 9 aromatic carbocycles. The molecule has 0 bridgehead atoms. The number of nitrogens with zero attached hydrogens (tertiary/aromatic N) is 20. The Morgan fingerprint density at radius 2 is 0.723 bits per heavy atom. The predicted molar refractivity (Wildman–Crippen MR) is 581 cm³/mol. The van der Waals surface area contributed by atoms with Crippen LogP contribution in [0.25, 0.3) is 0 Å². The number of anilines is 9. The Kier molecular flexibility index (Phi) is 41.8. The van der Waals surface area contributed by atoms with Crippen LogP contribution in [0.2, 0.25) is 20.1 Å². The third-order valence-electron chi connectivity index (χ3n) is 25.2. The molecule has 16 rings (SSSR count). The van der Waals surface area contributed by atoms with Crippen molar-refractivity contribution >= 4 is 193 Å². The van der Waals surface area contributed by atoms with Crippen molar-refractivity contribution in [3.63, 3.8) is 0 Å². The summed E-state index contributed by atoms with van der Waals surface area (Å²) in [4.78, 5) is 97.2. The summed E-state index contributed by atoms with van der Waals surface area (Å²) in [5, 5.41) is 46.9. The highest BCUT2D eigenvalue weighted by Gasteiger charge is 2.30. The van der Waals surface area contributed by atoms with E-state index in [4.69, 9.17) is 74.4 Å². The van der Waals surface area contributed by atoms with E-state index in [1.807, 2.05) is 211 Å². The number of guanidine groups is 3. The van der Waals surface area contributed by atoms with Crippen LogP contribution >= 0.6 is 46.4 Å². The van der Waals surface area contributed by atoms with E-state index in [2.05, 4.69) is 122 Å². The lowest BCUT2D eigenvalue weighted by atomic mass is 8.97. The molecule has 0 atom stereocenters. The van der Waals surface area contributed by atoms with Crippen molar-refractivity contribution in [3.05, 3.63) is 248 Å². The van der Waals surface area contributed by atoms with Gasteiger partial charge >= 0.3 is 0 Å². The highest BCUT2D eigenvalue weighted by atomic mass is 35.5. The predicted octanol–water partition coefficient (Wildman–Crippen LogP) is 12.4. The number of methoxy groups -OCH3 is 1. The van der Waals surface area contributed by atoms with Gasteiger partial charge < -0.3 is 84.4 Å². The number of hydrogen-bond acceptors (Lipinski definition) is 21. The number of aliphatic imine (C=N–C) groups is 3. The van der Waals surface area contributed by atoms with E-state index in [-0.39, 0.29) is 48.5 Å². The standard InChI is InChI=1S/C38H46Cl2N10O3.C31H35ClN8O.C30H33ClN8O.2CH4.B5/c1-45-11-15-48(16-12-45)34-6-4-3-5-31(34)36(51)43-29-7-9-30(10-8-29)47-19-21-50(22-20-47)38(42-27-41)44-35-32(39)25-28(26-33(35)40)37(52)49-17-13-46(14-18-49)23-24-53-2;1-23-4-3-5-28(32)29(23)36-31(34-22-33)40-20-18-39(19-21-40)27-12-8-25(9-13-27)35-30(41)24-6-10-26(11-7-24)38-16-14-37(2)15-17-38;1-36-14-16-37(17-15-36)25-10-6-23(7-11-25)29(40)34-24-8-12-26(13-9-24)38-18-20-39(21-19-38)30(33-22-32)35-28-5-3-2-4-27(28)31;;;1-4-5(2)3/h3-10,25-26H,11-24H2,1-2H3,(H,42,44)(H,43,51);3-13H,14-21H2,1-2H3,(H,34,36)(H,35,41);2-13H,14-21H2,1H3,(H,33,35)(H,34,40);2*1H4;. The van der Waals surface area contributed by atoms with Crippen molar-refractivity contribution in [2.75, 3.05) is 270 Å². The lowest BCUT2D eigenvalue weighted by Crippen LogP contribution is -2.51. The molecule has 0 aromatic heterocycles. The maximum Gasteiger partial charge on any atom is 0.257 e. The molecule has 7 aliphatic rings. The third-order valence-corrected chi connectivity index (χ3v) is 26.4. The molecule has 40 heteroatoms. The number of aryl methyl sites for hydroxylation is 1. The smallest absolute Gasteiger partial charge is 0.257 e. The molecule has 31 nitrogen and oxygen atoms in total. The zero-order valence-electron chi connectivity index (χ0n) is 79.1. The first-order chi connectivity index (χ1) is 67.4. The van der Waals surface area contributed by atoms with E-state index in [0.29, 0.717) is 139 Å². The molecule has 141 heavy (non-hydrogen) atoms. The van der Waals surface area contributed by atoms with E-state index in [1.54, 1.807) is 36.3 Å². The highest BCUT2D eigenvalue weighted by Crippen LogP contribution is 2.37. The molecule has 0 unspecified atom stereocenters. The van der Waals surface area contributed by atoms with Crippen molar-refractivity contribution in [2.24, 2.45) is 15.0 Å². The number of nitriles is 3. The Morgan fingerprint density at radius 3 is 1.10 bits per heavy atom. The van der Waals surface area contributed by atoms with Crippen molar-refractivity contribution in [1.29, 1.82) is 15.8 Å². The fourth-order valence-electron chi connectivity index (χ4n) is 16.9. The van der Waals surface area contributed by atoms with Gasteiger partial charge in [0.1, 0.15) is 5.69 Å². The lowest BCUT2D eigenvalue weighted by molar-refractivity contribution is 0.0593. The normalized spacial score (nSPS) is 16.2. The van der Waals surface area contributed by atoms with Crippen LogP contribution in [0.5, 0.6) is 0 Å². The number of piperazine rings is 7. The maximum absolute atomic E-state index is 13.4. The number of para-hydroxylation sites is 3. The zero-order valence-corrected chi connectivity index (χ0v) is 82.2. The molecule has 4 amide bonds. The third kappa shape index (κ3) is 30.9. The second-order valence-electron chi connectivity index (χ2n) is 34.5. The van der Waals surface area contributed by atoms with E-state index >= 15 is 0 Å². The summed E-state index contributed by atoms with van der Waals surface area (Å²) in [6.45, 7) is 26.4. The van der Waals surface area contributed by atoms with E-state index in [9.17, 15) is 35.0 Å². The highest BCUT2D eigenvalue weighted by molar-refractivity contribution is 7.60. The van der Waals surface area contributed by atoms with E-state index < -0.39 is 6.39 Å². The van der Waals surface area contributed by atoms with Gasteiger partial charge in [-0.05, 0) is 197 Å². The van der Waals surface area contributed by atoms with Crippen LogP contribution in [0, 0.1) is 41.3 Å². The number of halogens is 4. The van der Waals surface area contributed by atoms with Crippen molar-refractivity contribution in [2.45, 2.75) is 21.8 Å². The lowest BCUT2D eigenvalue weighted by Gasteiger charge is -2.37. The zero-order chi connectivity index (χ0) is 98.3. The van der Waals surface area contributed by atoms with Crippen LogP contribution in [0.4, 0.5) is 68.2 Å². The Hall–Kier alpha value is -12.8. The number of nitrogens with one attached hydrogen (secondary N) is 6. The Labute approximate surface area is 855 Å². The maximum atomic E-state index is 13.4. The molecule has 6 N–H and O–H groups in total. The summed E-state index contributed by atoms with van der Waals surface area (Å²) < 4.78 is 5.17. The molecular formula is C101H122B5Cl4N26O5. The number of carbonyl (C=O) groups is 4. The van der Waals surface area contributed by atoms with E-state index in [0.717, 1.165) is 181 Å². The fraction of sp³-hybridized carbons (Fsp3) is 0.366. The van der Waals surface area contributed by atoms with Crippen LogP contribution in [0.1, 0.15) is 61.8 Å². The molecule has 7 heterocycles. The van der Waals surface area contributed by atoms with Gasteiger partial charge in [-0.1, -0.05) is 97.7 Å².